The Morgan fingerprint density at radius 3 is 2.88 bits per heavy atom. The standard InChI is InChI=1S/C17H23N5OS/c1-3-18-17(20-11-14-8-10-24-12-14)19-9-7-16(23)22-15-6-4-5-13(2)21-15/h4-6,8,10,12H,3,7,9,11H2,1-2H3,(H2,18,19,20)(H,21,22,23). The van der Waals surface area contributed by atoms with Gasteiger partial charge in [0.1, 0.15) is 5.82 Å². The van der Waals surface area contributed by atoms with Gasteiger partial charge in [-0.15, -0.1) is 0 Å². The SMILES string of the molecule is CCNC(=NCc1ccsc1)NCCC(=O)Nc1cccc(C)n1. The molecule has 0 aromatic carbocycles. The van der Waals surface area contributed by atoms with Gasteiger partial charge in [-0.05, 0) is 48.4 Å². The number of carbonyl (C=O) groups excluding carboxylic acids is 1. The molecule has 2 aromatic heterocycles. The fourth-order valence-electron chi connectivity index (χ4n) is 2.01. The van der Waals surface area contributed by atoms with Crippen molar-refractivity contribution < 1.29 is 4.79 Å². The van der Waals surface area contributed by atoms with Crippen molar-refractivity contribution >= 4 is 29.0 Å². The first-order chi connectivity index (χ1) is 11.7. The highest BCUT2D eigenvalue weighted by molar-refractivity contribution is 7.07. The summed E-state index contributed by atoms with van der Waals surface area (Å²) in [5.41, 5.74) is 2.06. The van der Waals surface area contributed by atoms with Crippen LogP contribution in [0.1, 0.15) is 24.6 Å². The molecule has 7 heteroatoms. The van der Waals surface area contributed by atoms with Crippen molar-refractivity contribution in [2.75, 3.05) is 18.4 Å². The number of aromatic nitrogens is 1. The molecule has 0 saturated heterocycles. The van der Waals surface area contributed by atoms with E-state index in [1.54, 1.807) is 17.4 Å². The Hall–Kier alpha value is -2.41. The summed E-state index contributed by atoms with van der Waals surface area (Å²) >= 11 is 1.66. The zero-order chi connectivity index (χ0) is 17.2. The van der Waals surface area contributed by atoms with E-state index in [0.717, 1.165) is 12.2 Å². The van der Waals surface area contributed by atoms with Crippen LogP contribution in [0, 0.1) is 6.92 Å². The van der Waals surface area contributed by atoms with Gasteiger partial charge in [0.25, 0.3) is 0 Å². The summed E-state index contributed by atoms with van der Waals surface area (Å²) in [4.78, 5) is 20.7. The smallest absolute Gasteiger partial charge is 0.227 e. The summed E-state index contributed by atoms with van der Waals surface area (Å²) in [6.45, 7) is 5.81. The summed E-state index contributed by atoms with van der Waals surface area (Å²) in [6, 6.07) is 7.60. The number of aryl methyl sites for hydroxylation is 1. The quantitative estimate of drug-likeness (QED) is 0.532. The normalized spacial score (nSPS) is 11.2. The number of carbonyl (C=O) groups is 1. The maximum absolute atomic E-state index is 12.0. The summed E-state index contributed by atoms with van der Waals surface area (Å²) < 4.78 is 0. The van der Waals surface area contributed by atoms with Gasteiger partial charge in [0, 0.05) is 25.2 Å². The molecule has 0 atom stereocenters. The largest absolute Gasteiger partial charge is 0.357 e. The molecule has 2 rings (SSSR count). The van der Waals surface area contributed by atoms with Crippen molar-refractivity contribution in [1.82, 2.24) is 15.6 Å². The second-order valence-electron chi connectivity index (χ2n) is 5.22. The second kappa shape index (κ2) is 9.67. The van der Waals surface area contributed by atoms with Crippen LogP contribution in [0.2, 0.25) is 0 Å². The van der Waals surface area contributed by atoms with Gasteiger partial charge in [0.2, 0.25) is 5.91 Å². The number of hydrogen-bond acceptors (Lipinski definition) is 4. The lowest BCUT2D eigenvalue weighted by Gasteiger charge is -2.11. The molecular weight excluding hydrogens is 322 g/mol. The van der Waals surface area contributed by atoms with Crippen LogP contribution in [0.15, 0.2) is 40.0 Å². The second-order valence-corrected chi connectivity index (χ2v) is 6.00. The zero-order valence-electron chi connectivity index (χ0n) is 14.0. The van der Waals surface area contributed by atoms with Crippen LogP contribution in [0.25, 0.3) is 0 Å². The first-order valence-electron chi connectivity index (χ1n) is 7.94. The first-order valence-corrected chi connectivity index (χ1v) is 8.88. The summed E-state index contributed by atoms with van der Waals surface area (Å²) in [5, 5.41) is 13.3. The number of rotatable bonds is 7. The predicted octanol–water partition coefficient (Wildman–Crippen LogP) is 2.54. The Kier molecular flexibility index (Phi) is 7.22. The monoisotopic (exact) mass is 345 g/mol. The Morgan fingerprint density at radius 2 is 2.17 bits per heavy atom. The van der Waals surface area contributed by atoms with E-state index in [4.69, 9.17) is 0 Å². The molecule has 24 heavy (non-hydrogen) atoms. The summed E-state index contributed by atoms with van der Waals surface area (Å²) in [5.74, 6) is 1.22. The molecule has 2 heterocycles. The number of aliphatic imine (C=N–C) groups is 1. The Labute approximate surface area is 146 Å². The lowest BCUT2D eigenvalue weighted by atomic mass is 10.3. The Balaban J connectivity index is 1.77. The maximum atomic E-state index is 12.0. The molecule has 0 bridgehead atoms. The van der Waals surface area contributed by atoms with Gasteiger partial charge in [0.05, 0.1) is 6.54 Å². The molecule has 3 N–H and O–H groups in total. The highest BCUT2D eigenvalue weighted by Gasteiger charge is 2.04. The number of pyridine rings is 1. The third-order valence-corrected chi connectivity index (χ3v) is 3.88. The number of hydrogen-bond donors (Lipinski definition) is 3. The number of anilines is 1. The van der Waals surface area contributed by atoms with Crippen LogP contribution in [-0.2, 0) is 11.3 Å². The van der Waals surface area contributed by atoms with E-state index in [1.807, 2.05) is 31.4 Å². The van der Waals surface area contributed by atoms with Crippen LogP contribution in [0.5, 0.6) is 0 Å². The number of thiophene rings is 1. The third-order valence-electron chi connectivity index (χ3n) is 3.14. The number of guanidine groups is 1. The van der Waals surface area contributed by atoms with Gasteiger partial charge < -0.3 is 16.0 Å². The molecule has 0 aliphatic carbocycles. The van der Waals surface area contributed by atoms with Crippen LogP contribution >= 0.6 is 11.3 Å². The van der Waals surface area contributed by atoms with E-state index in [1.165, 1.54) is 5.56 Å². The molecule has 0 fully saturated rings. The average Bonchev–Trinajstić information content (AvgIpc) is 3.06. The van der Waals surface area contributed by atoms with E-state index in [0.29, 0.717) is 31.3 Å². The lowest BCUT2D eigenvalue weighted by Crippen LogP contribution is -2.38. The molecule has 128 valence electrons. The van der Waals surface area contributed by atoms with Gasteiger partial charge in [-0.1, -0.05) is 6.07 Å². The molecule has 0 aliphatic rings. The lowest BCUT2D eigenvalue weighted by molar-refractivity contribution is -0.116. The minimum atomic E-state index is -0.0747. The van der Waals surface area contributed by atoms with Gasteiger partial charge in [0.15, 0.2) is 5.96 Å². The van der Waals surface area contributed by atoms with E-state index < -0.39 is 0 Å². The molecule has 0 unspecified atom stereocenters. The first kappa shape index (κ1) is 17.9. The molecule has 0 aliphatic heterocycles. The van der Waals surface area contributed by atoms with Crippen molar-refractivity contribution in [1.29, 1.82) is 0 Å². The van der Waals surface area contributed by atoms with Crippen LogP contribution in [0.3, 0.4) is 0 Å². The summed E-state index contributed by atoms with van der Waals surface area (Å²) in [6.07, 6.45) is 0.346. The molecule has 0 saturated carbocycles. The van der Waals surface area contributed by atoms with Crippen molar-refractivity contribution in [3.8, 4) is 0 Å². The summed E-state index contributed by atoms with van der Waals surface area (Å²) in [7, 11) is 0. The number of amides is 1. The van der Waals surface area contributed by atoms with Crippen LogP contribution in [-0.4, -0.2) is 29.9 Å². The third kappa shape index (κ3) is 6.37. The fourth-order valence-corrected chi connectivity index (χ4v) is 2.67. The molecule has 1 amide bonds. The van der Waals surface area contributed by atoms with E-state index in [2.05, 4.69) is 37.4 Å². The molecule has 6 nitrogen and oxygen atoms in total. The van der Waals surface area contributed by atoms with Crippen molar-refractivity contribution in [3.05, 3.63) is 46.3 Å². The van der Waals surface area contributed by atoms with Crippen molar-refractivity contribution in [2.45, 2.75) is 26.8 Å². The van der Waals surface area contributed by atoms with Gasteiger partial charge >= 0.3 is 0 Å². The predicted molar refractivity (Wildman–Crippen MR) is 99.4 cm³/mol. The number of nitrogens with one attached hydrogen (secondary N) is 3. The number of nitrogens with zero attached hydrogens (tertiary/aromatic N) is 2. The van der Waals surface area contributed by atoms with Gasteiger partial charge in [-0.2, -0.15) is 11.3 Å². The topological polar surface area (TPSA) is 78.4 Å². The average molecular weight is 345 g/mol. The zero-order valence-corrected chi connectivity index (χ0v) is 14.8. The Bertz CT molecular complexity index is 669. The van der Waals surface area contributed by atoms with E-state index in [-0.39, 0.29) is 5.91 Å². The van der Waals surface area contributed by atoms with Crippen molar-refractivity contribution in [2.24, 2.45) is 4.99 Å². The van der Waals surface area contributed by atoms with Gasteiger partial charge in [-0.25, -0.2) is 9.98 Å². The minimum absolute atomic E-state index is 0.0747. The molecule has 0 radical (unpaired) electrons. The van der Waals surface area contributed by atoms with Gasteiger partial charge in [-0.3, -0.25) is 4.79 Å². The minimum Gasteiger partial charge on any atom is -0.357 e. The van der Waals surface area contributed by atoms with Crippen LogP contribution in [0.4, 0.5) is 5.82 Å². The Morgan fingerprint density at radius 1 is 1.29 bits per heavy atom. The van der Waals surface area contributed by atoms with Crippen LogP contribution < -0.4 is 16.0 Å². The molecular formula is C17H23N5OS. The highest BCUT2D eigenvalue weighted by atomic mass is 32.1. The van der Waals surface area contributed by atoms with E-state index in [9.17, 15) is 4.79 Å². The highest BCUT2D eigenvalue weighted by Crippen LogP contribution is 2.07. The molecule has 2 aromatic rings. The molecule has 0 spiro atoms. The van der Waals surface area contributed by atoms with E-state index >= 15 is 0 Å². The maximum Gasteiger partial charge on any atom is 0.227 e. The van der Waals surface area contributed by atoms with Crippen molar-refractivity contribution in [3.63, 3.8) is 0 Å². The fraction of sp³-hybridized carbons (Fsp3) is 0.353.